The van der Waals surface area contributed by atoms with E-state index in [1.54, 1.807) is 6.07 Å². The number of hydrogen-bond donors (Lipinski definition) is 1. The molecule has 4 nitrogen and oxygen atoms in total. The lowest BCUT2D eigenvalue weighted by atomic mass is 10.0. The highest BCUT2D eigenvalue weighted by Gasteiger charge is 2.17. The fraction of sp³-hybridized carbons (Fsp3) is 0.556. The van der Waals surface area contributed by atoms with Gasteiger partial charge in [0.15, 0.2) is 5.82 Å². The average molecular weight is 214 g/mol. The highest BCUT2D eigenvalue weighted by Crippen LogP contribution is 2.20. The van der Waals surface area contributed by atoms with Crippen LogP contribution in [-0.4, -0.2) is 23.4 Å². The summed E-state index contributed by atoms with van der Waals surface area (Å²) >= 11 is 5.84. The largest absolute Gasteiger partial charge is 0.381 e. The molecule has 1 atom stereocenters. The molecule has 1 saturated heterocycles. The number of nitrogens with zero attached hydrogens (tertiary/aromatic N) is 2. The van der Waals surface area contributed by atoms with E-state index in [0.717, 1.165) is 31.7 Å². The number of anilines is 1. The Labute approximate surface area is 87.4 Å². The molecule has 2 rings (SSSR count). The van der Waals surface area contributed by atoms with E-state index in [-0.39, 0.29) is 5.82 Å². The molecule has 0 aromatic carbocycles. The highest BCUT2D eigenvalue weighted by atomic mass is 35.5. The Kier molecular flexibility index (Phi) is 2.84. The number of ether oxygens (including phenoxy) is 1. The Hall–Kier alpha value is -0.870. The van der Waals surface area contributed by atoms with Crippen molar-refractivity contribution in [3.63, 3.8) is 0 Å². The normalized spacial score (nSPS) is 21.4. The summed E-state index contributed by atoms with van der Waals surface area (Å²) in [5.41, 5.74) is 6.36. The summed E-state index contributed by atoms with van der Waals surface area (Å²) in [7, 11) is 0. The molecule has 0 bridgehead atoms. The fourth-order valence-corrected chi connectivity index (χ4v) is 1.72. The fourth-order valence-electron chi connectivity index (χ4n) is 1.55. The van der Waals surface area contributed by atoms with Gasteiger partial charge in [-0.05, 0) is 24.8 Å². The number of nitrogen functional groups attached to an aromatic ring is 1. The molecule has 0 aliphatic carbocycles. The monoisotopic (exact) mass is 213 g/mol. The minimum atomic E-state index is 0.290. The van der Waals surface area contributed by atoms with Crippen molar-refractivity contribution in [2.45, 2.75) is 12.8 Å². The van der Waals surface area contributed by atoms with Crippen molar-refractivity contribution < 1.29 is 4.74 Å². The third-order valence-electron chi connectivity index (χ3n) is 2.35. The van der Waals surface area contributed by atoms with Gasteiger partial charge < -0.3 is 10.5 Å². The second-order valence-electron chi connectivity index (χ2n) is 3.50. The first-order valence-electron chi connectivity index (χ1n) is 4.61. The standard InChI is InChI=1S/C9H12ClN3O/c10-8-4-7(12-13-9(8)11)3-6-1-2-14-5-6/h4,6H,1-3,5H2,(H2,11,13). The Balaban J connectivity index is 2.05. The van der Waals surface area contributed by atoms with E-state index in [1.807, 2.05) is 0 Å². The zero-order valence-electron chi connectivity index (χ0n) is 7.74. The molecule has 0 amide bonds. The number of aromatic nitrogens is 2. The van der Waals surface area contributed by atoms with Gasteiger partial charge in [0.1, 0.15) is 0 Å². The molecule has 2 N–H and O–H groups in total. The lowest BCUT2D eigenvalue weighted by molar-refractivity contribution is 0.185. The zero-order valence-corrected chi connectivity index (χ0v) is 8.50. The van der Waals surface area contributed by atoms with Crippen molar-refractivity contribution in [2.24, 2.45) is 5.92 Å². The third-order valence-corrected chi connectivity index (χ3v) is 2.65. The van der Waals surface area contributed by atoms with Crippen LogP contribution in [0.25, 0.3) is 0 Å². The van der Waals surface area contributed by atoms with Crippen molar-refractivity contribution in [3.8, 4) is 0 Å². The van der Waals surface area contributed by atoms with Crippen molar-refractivity contribution >= 4 is 17.4 Å². The van der Waals surface area contributed by atoms with Crippen molar-refractivity contribution in [1.82, 2.24) is 10.2 Å². The second-order valence-corrected chi connectivity index (χ2v) is 3.91. The van der Waals surface area contributed by atoms with Gasteiger partial charge in [0.05, 0.1) is 10.7 Å². The van der Waals surface area contributed by atoms with E-state index in [1.165, 1.54) is 0 Å². The van der Waals surface area contributed by atoms with Gasteiger partial charge in [-0.1, -0.05) is 11.6 Å². The quantitative estimate of drug-likeness (QED) is 0.804. The lowest BCUT2D eigenvalue weighted by Crippen LogP contribution is -2.07. The number of rotatable bonds is 2. The van der Waals surface area contributed by atoms with Gasteiger partial charge in [-0.3, -0.25) is 0 Å². The van der Waals surface area contributed by atoms with E-state index in [0.29, 0.717) is 10.9 Å². The maximum Gasteiger partial charge on any atom is 0.164 e. The summed E-state index contributed by atoms with van der Waals surface area (Å²) < 4.78 is 5.28. The van der Waals surface area contributed by atoms with E-state index in [4.69, 9.17) is 22.1 Å². The van der Waals surface area contributed by atoms with Crippen molar-refractivity contribution in [2.75, 3.05) is 18.9 Å². The molecule has 1 aliphatic rings. The molecule has 76 valence electrons. The van der Waals surface area contributed by atoms with Gasteiger partial charge >= 0.3 is 0 Å². The van der Waals surface area contributed by atoms with Crippen LogP contribution in [0.2, 0.25) is 5.02 Å². The predicted octanol–water partition coefficient (Wildman–Crippen LogP) is 1.29. The van der Waals surface area contributed by atoms with Gasteiger partial charge in [0.25, 0.3) is 0 Å². The van der Waals surface area contributed by atoms with Gasteiger partial charge in [-0.2, -0.15) is 5.10 Å². The molecular weight excluding hydrogens is 202 g/mol. The summed E-state index contributed by atoms with van der Waals surface area (Å²) in [5, 5.41) is 8.24. The first-order chi connectivity index (χ1) is 6.75. The summed E-state index contributed by atoms with van der Waals surface area (Å²) in [6.07, 6.45) is 1.96. The molecule has 1 aliphatic heterocycles. The molecule has 2 heterocycles. The van der Waals surface area contributed by atoms with Crippen LogP contribution in [0, 0.1) is 5.92 Å². The minimum Gasteiger partial charge on any atom is -0.381 e. The Morgan fingerprint density at radius 3 is 3.07 bits per heavy atom. The third kappa shape index (κ3) is 2.13. The van der Waals surface area contributed by atoms with Gasteiger partial charge in [-0.15, -0.1) is 5.10 Å². The smallest absolute Gasteiger partial charge is 0.164 e. The number of nitrogens with two attached hydrogens (primary N) is 1. The van der Waals surface area contributed by atoms with Gasteiger partial charge in [-0.25, -0.2) is 0 Å². The molecule has 0 radical (unpaired) electrons. The van der Waals surface area contributed by atoms with Crippen LogP contribution in [-0.2, 0) is 11.2 Å². The molecular formula is C9H12ClN3O. The van der Waals surface area contributed by atoms with Gasteiger partial charge in [0.2, 0.25) is 0 Å². The molecule has 1 aromatic rings. The molecule has 1 fully saturated rings. The second kappa shape index (κ2) is 4.11. The van der Waals surface area contributed by atoms with E-state index < -0.39 is 0 Å². The Bertz CT molecular complexity index is 326. The molecule has 1 unspecified atom stereocenters. The molecule has 0 spiro atoms. The molecule has 0 saturated carbocycles. The topological polar surface area (TPSA) is 61.0 Å². The first kappa shape index (κ1) is 9.68. The van der Waals surface area contributed by atoms with Crippen LogP contribution >= 0.6 is 11.6 Å². The van der Waals surface area contributed by atoms with E-state index in [2.05, 4.69) is 10.2 Å². The summed E-state index contributed by atoms with van der Waals surface area (Å²) in [5.74, 6) is 0.835. The summed E-state index contributed by atoms with van der Waals surface area (Å²) in [6, 6.07) is 1.78. The lowest BCUT2D eigenvalue weighted by Gasteiger charge is -2.06. The molecule has 1 aromatic heterocycles. The SMILES string of the molecule is Nc1nnc(CC2CCOC2)cc1Cl. The van der Waals surface area contributed by atoms with Crippen LogP contribution in [0.3, 0.4) is 0 Å². The van der Waals surface area contributed by atoms with Crippen LogP contribution < -0.4 is 5.73 Å². The minimum absolute atomic E-state index is 0.290. The molecule has 14 heavy (non-hydrogen) atoms. The predicted molar refractivity (Wildman–Crippen MR) is 54.1 cm³/mol. The van der Waals surface area contributed by atoms with Gasteiger partial charge in [0, 0.05) is 13.2 Å². The summed E-state index contributed by atoms with van der Waals surface area (Å²) in [4.78, 5) is 0. The van der Waals surface area contributed by atoms with E-state index in [9.17, 15) is 0 Å². The number of halogens is 1. The zero-order chi connectivity index (χ0) is 9.97. The van der Waals surface area contributed by atoms with Crippen LogP contribution in [0.1, 0.15) is 12.1 Å². The molecule has 5 heteroatoms. The number of hydrogen-bond acceptors (Lipinski definition) is 4. The first-order valence-corrected chi connectivity index (χ1v) is 4.99. The van der Waals surface area contributed by atoms with Crippen LogP contribution in [0.5, 0.6) is 0 Å². The maximum absolute atomic E-state index is 5.84. The van der Waals surface area contributed by atoms with Crippen LogP contribution in [0.15, 0.2) is 6.07 Å². The Morgan fingerprint density at radius 2 is 2.43 bits per heavy atom. The van der Waals surface area contributed by atoms with E-state index >= 15 is 0 Å². The Morgan fingerprint density at radius 1 is 1.57 bits per heavy atom. The van der Waals surface area contributed by atoms with Crippen molar-refractivity contribution in [3.05, 3.63) is 16.8 Å². The van der Waals surface area contributed by atoms with Crippen LogP contribution in [0.4, 0.5) is 5.82 Å². The maximum atomic E-state index is 5.84. The average Bonchev–Trinajstić information content (AvgIpc) is 2.64. The van der Waals surface area contributed by atoms with Crippen molar-refractivity contribution in [1.29, 1.82) is 0 Å². The highest BCUT2D eigenvalue weighted by molar-refractivity contribution is 6.32. The summed E-state index contributed by atoms with van der Waals surface area (Å²) in [6.45, 7) is 1.66.